The van der Waals surface area contributed by atoms with Crippen molar-refractivity contribution in [2.24, 2.45) is 27.6 Å². The molecule has 0 bridgehead atoms. The third-order valence-electron chi connectivity index (χ3n) is 4.97. The van der Waals surface area contributed by atoms with Gasteiger partial charge in [0.2, 0.25) is 5.91 Å². The van der Waals surface area contributed by atoms with E-state index in [0.717, 1.165) is 25.7 Å². The quantitative estimate of drug-likeness (QED) is 0.314. The molecule has 2 aliphatic carbocycles. The molecule has 2 fully saturated rings. The van der Waals surface area contributed by atoms with Gasteiger partial charge in [-0.2, -0.15) is 0 Å². The molecule has 1 unspecified atom stereocenters. The fraction of sp³-hybridized carbons (Fsp3) is 0.857. The summed E-state index contributed by atoms with van der Waals surface area (Å²) in [5, 5.41) is 15.1. The first-order valence-electron chi connectivity index (χ1n) is 7.19. The highest BCUT2D eigenvalue weighted by atomic mass is 16.4. The fourth-order valence-corrected chi connectivity index (χ4v) is 3.16. The van der Waals surface area contributed by atoms with Crippen LogP contribution in [0.1, 0.15) is 52.4 Å². The van der Waals surface area contributed by atoms with Crippen LogP contribution in [0.4, 0.5) is 0 Å². The normalized spacial score (nSPS) is 28.7. The number of nitrogens with zero attached hydrogens (tertiary/aromatic N) is 1. The van der Waals surface area contributed by atoms with Crippen LogP contribution < -0.4 is 11.1 Å². The lowest BCUT2D eigenvalue weighted by molar-refractivity contribution is -0.129. The predicted octanol–water partition coefficient (Wildman–Crippen LogP) is 1.85. The number of nitrogens with one attached hydrogen (secondary N) is 1. The maximum atomic E-state index is 12.5. The predicted molar refractivity (Wildman–Crippen MR) is 73.8 cm³/mol. The van der Waals surface area contributed by atoms with Crippen molar-refractivity contribution in [1.82, 2.24) is 5.32 Å². The van der Waals surface area contributed by atoms with Gasteiger partial charge in [0.25, 0.3) is 0 Å². The largest absolute Gasteiger partial charge is 0.409 e. The van der Waals surface area contributed by atoms with Gasteiger partial charge in [-0.05, 0) is 30.6 Å². The summed E-state index contributed by atoms with van der Waals surface area (Å²) in [5.74, 6) is 0.564. The van der Waals surface area contributed by atoms with Gasteiger partial charge < -0.3 is 16.3 Å². The molecule has 4 N–H and O–H groups in total. The van der Waals surface area contributed by atoms with Crippen molar-refractivity contribution in [3.63, 3.8) is 0 Å². The molecule has 0 aromatic heterocycles. The number of amidine groups is 1. The van der Waals surface area contributed by atoms with E-state index in [2.05, 4.69) is 24.3 Å². The number of oxime groups is 1. The van der Waals surface area contributed by atoms with Crippen molar-refractivity contribution >= 4 is 11.7 Å². The second kappa shape index (κ2) is 5.02. The first kappa shape index (κ1) is 14.2. The maximum absolute atomic E-state index is 12.5. The molecule has 2 rings (SSSR count). The summed E-state index contributed by atoms with van der Waals surface area (Å²) < 4.78 is 0. The average Bonchev–Trinajstić information content (AvgIpc) is 3.03. The van der Waals surface area contributed by atoms with E-state index in [1.807, 2.05) is 0 Å². The highest BCUT2D eigenvalue weighted by Crippen LogP contribution is 2.51. The van der Waals surface area contributed by atoms with Crippen LogP contribution in [0.3, 0.4) is 0 Å². The molecule has 1 amide bonds. The lowest BCUT2D eigenvalue weighted by atomic mass is 9.72. The Labute approximate surface area is 114 Å². The summed E-state index contributed by atoms with van der Waals surface area (Å²) in [5.41, 5.74) is 5.36. The third kappa shape index (κ3) is 2.69. The Balaban J connectivity index is 2.00. The SMILES string of the molecule is CC1(C)CC1CNC(=O)C1(C(N)=NO)CCCCC1. The van der Waals surface area contributed by atoms with Crippen molar-refractivity contribution in [3.05, 3.63) is 0 Å². The summed E-state index contributed by atoms with van der Waals surface area (Å²) in [7, 11) is 0. The van der Waals surface area contributed by atoms with Gasteiger partial charge in [-0.25, -0.2) is 0 Å². The molecule has 1 atom stereocenters. The van der Waals surface area contributed by atoms with E-state index in [9.17, 15) is 4.79 Å². The Kier molecular flexibility index (Phi) is 3.74. The zero-order valence-electron chi connectivity index (χ0n) is 11.9. The van der Waals surface area contributed by atoms with Crippen LogP contribution in [0.2, 0.25) is 0 Å². The second-order valence-electron chi connectivity index (χ2n) is 6.73. The van der Waals surface area contributed by atoms with E-state index >= 15 is 0 Å². The first-order chi connectivity index (χ1) is 8.92. The van der Waals surface area contributed by atoms with Crippen molar-refractivity contribution in [3.8, 4) is 0 Å². The first-order valence-corrected chi connectivity index (χ1v) is 7.19. The summed E-state index contributed by atoms with van der Waals surface area (Å²) in [6.07, 6.45) is 5.55. The van der Waals surface area contributed by atoms with Crippen molar-refractivity contribution in [1.29, 1.82) is 0 Å². The Hall–Kier alpha value is -1.26. The summed E-state index contributed by atoms with van der Waals surface area (Å²) in [6, 6.07) is 0. The van der Waals surface area contributed by atoms with Crippen molar-refractivity contribution in [2.75, 3.05) is 6.54 Å². The number of carbonyl (C=O) groups is 1. The van der Waals surface area contributed by atoms with E-state index < -0.39 is 5.41 Å². The summed E-state index contributed by atoms with van der Waals surface area (Å²) >= 11 is 0. The molecule has 2 aliphatic rings. The van der Waals surface area contributed by atoms with Gasteiger partial charge in [0, 0.05) is 6.54 Å². The zero-order chi connectivity index (χ0) is 14.1. The van der Waals surface area contributed by atoms with E-state index in [1.54, 1.807) is 0 Å². The van der Waals surface area contributed by atoms with Gasteiger partial charge in [-0.15, -0.1) is 0 Å². The van der Waals surface area contributed by atoms with Gasteiger partial charge in [0.05, 0.1) is 0 Å². The van der Waals surface area contributed by atoms with Gasteiger partial charge in [0.1, 0.15) is 5.41 Å². The topological polar surface area (TPSA) is 87.7 Å². The molecule has 0 aromatic rings. The number of amides is 1. The second-order valence-corrected chi connectivity index (χ2v) is 6.73. The van der Waals surface area contributed by atoms with Crippen LogP contribution in [-0.2, 0) is 4.79 Å². The molecule has 0 spiro atoms. The molecule has 0 aliphatic heterocycles. The minimum absolute atomic E-state index is 0.0646. The molecule has 5 nitrogen and oxygen atoms in total. The van der Waals surface area contributed by atoms with Crippen LogP contribution in [-0.4, -0.2) is 23.5 Å². The highest BCUT2D eigenvalue weighted by Gasteiger charge is 2.48. The van der Waals surface area contributed by atoms with Gasteiger partial charge in [-0.3, -0.25) is 4.79 Å². The van der Waals surface area contributed by atoms with Crippen molar-refractivity contribution < 1.29 is 10.0 Å². The summed E-state index contributed by atoms with van der Waals surface area (Å²) in [6.45, 7) is 5.12. The van der Waals surface area contributed by atoms with E-state index in [1.165, 1.54) is 0 Å². The molecule has 108 valence electrons. The number of nitrogens with two attached hydrogens (primary N) is 1. The van der Waals surface area contributed by atoms with Crippen molar-refractivity contribution in [2.45, 2.75) is 52.4 Å². The Bertz CT molecular complexity index is 384. The Morgan fingerprint density at radius 2 is 1.95 bits per heavy atom. The molecule has 0 saturated heterocycles. The molecule has 2 saturated carbocycles. The highest BCUT2D eigenvalue weighted by molar-refractivity contribution is 6.06. The molecule has 0 radical (unpaired) electrons. The molecule has 5 heteroatoms. The smallest absolute Gasteiger partial charge is 0.233 e. The minimum Gasteiger partial charge on any atom is -0.409 e. The number of hydrogen-bond acceptors (Lipinski definition) is 3. The standard InChI is InChI=1S/C14H25N3O2/c1-13(2)8-10(13)9-16-12(18)14(11(15)17-19)6-4-3-5-7-14/h10,19H,3-9H2,1-2H3,(H2,15,17)(H,16,18). The molecular weight excluding hydrogens is 242 g/mol. The van der Waals surface area contributed by atoms with E-state index in [0.29, 0.717) is 30.7 Å². The van der Waals surface area contributed by atoms with Crippen LogP contribution >= 0.6 is 0 Å². The third-order valence-corrected chi connectivity index (χ3v) is 4.97. The lowest BCUT2D eigenvalue weighted by Gasteiger charge is -2.34. The van der Waals surface area contributed by atoms with Gasteiger partial charge in [-0.1, -0.05) is 38.3 Å². The lowest BCUT2D eigenvalue weighted by Crippen LogP contribution is -2.51. The molecule has 0 heterocycles. The molecule has 0 aromatic carbocycles. The minimum atomic E-state index is -0.786. The Morgan fingerprint density at radius 1 is 1.37 bits per heavy atom. The van der Waals surface area contributed by atoms with Gasteiger partial charge >= 0.3 is 0 Å². The van der Waals surface area contributed by atoms with Gasteiger partial charge in [0.15, 0.2) is 5.84 Å². The van der Waals surface area contributed by atoms with Crippen LogP contribution in [0.5, 0.6) is 0 Å². The number of rotatable bonds is 4. The number of hydrogen-bond donors (Lipinski definition) is 3. The van der Waals surface area contributed by atoms with Crippen LogP contribution in [0.25, 0.3) is 0 Å². The Morgan fingerprint density at radius 3 is 2.42 bits per heavy atom. The monoisotopic (exact) mass is 267 g/mol. The maximum Gasteiger partial charge on any atom is 0.233 e. The molecular formula is C14H25N3O2. The molecule has 19 heavy (non-hydrogen) atoms. The average molecular weight is 267 g/mol. The van der Waals surface area contributed by atoms with E-state index in [-0.39, 0.29) is 11.7 Å². The van der Waals surface area contributed by atoms with E-state index in [4.69, 9.17) is 10.9 Å². The number of carbonyl (C=O) groups excluding carboxylic acids is 1. The fourth-order valence-electron chi connectivity index (χ4n) is 3.16. The van der Waals surface area contributed by atoms with Crippen LogP contribution in [0, 0.1) is 16.7 Å². The van der Waals surface area contributed by atoms with Crippen LogP contribution in [0.15, 0.2) is 5.16 Å². The summed E-state index contributed by atoms with van der Waals surface area (Å²) in [4.78, 5) is 12.5. The zero-order valence-corrected chi connectivity index (χ0v) is 11.9.